The number of nitrogens with one attached hydrogen (secondary N) is 1. The molecule has 0 radical (unpaired) electrons. The van der Waals surface area contributed by atoms with Gasteiger partial charge in [0.1, 0.15) is 24.1 Å². The smallest absolute Gasteiger partial charge is 0.264 e. The van der Waals surface area contributed by atoms with Gasteiger partial charge in [0, 0.05) is 25.1 Å². The van der Waals surface area contributed by atoms with E-state index in [1.54, 1.807) is 42.5 Å². The van der Waals surface area contributed by atoms with Gasteiger partial charge in [-0.05, 0) is 67.8 Å². The molecule has 0 aliphatic heterocycles. The van der Waals surface area contributed by atoms with Crippen molar-refractivity contribution in [2.24, 2.45) is 0 Å². The maximum absolute atomic E-state index is 14.8. The normalized spacial score (nSPS) is 12.5. The summed E-state index contributed by atoms with van der Waals surface area (Å²) in [6, 6.07) is 24.1. The summed E-state index contributed by atoms with van der Waals surface area (Å²) in [6.07, 6.45) is 0.839. The van der Waals surface area contributed by atoms with Crippen LogP contribution in [0.15, 0.2) is 95.9 Å². The molecular weight excluding hydrogens is 685 g/mol. The maximum atomic E-state index is 14.8. The zero-order chi connectivity index (χ0) is 35.7. The Hall–Kier alpha value is -4.25. The van der Waals surface area contributed by atoms with Crippen LogP contribution in [0, 0.1) is 6.92 Å². The maximum Gasteiger partial charge on any atom is 0.264 e. The van der Waals surface area contributed by atoms with Crippen molar-refractivity contribution in [3.8, 4) is 11.5 Å². The first-order chi connectivity index (χ1) is 23.4. The van der Waals surface area contributed by atoms with Crippen molar-refractivity contribution in [1.29, 1.82) is 0 Å². The average molecular weight is 727 g/mol. The third-order valence-corrected chi connectivity index (χ3v) is 10.7. The highest BCUT2D eigenvalue weighted by atomic mass is 35.5. The second-order valence-electron chi connectivity index (χ2n) is 11.7. The summed E-state index contributed by atoms with van der Waals surface area (Å²) in [4.78, 5) is 30.2. The van der Waals surface area contributed by atoms with Gasteiger partial charge in [-0.2, -0.15) is 0 Å². The Morgan fingerprint density at radius 1 is 0.857 bits per heavy atom. The lowest BCUT2D eigenvalue weighted by molar-refractivity contribution is -0.140. The lowest BCUT2D eigenvalue weighted by atomic mass is 10.0. The second-order valence-corrected chi connectivity index (χ2v) is 14.3. The molecule has 0 heterocycles. The number of anilines is 1. The Bertz CT molecular complexity index is 1860. The molecular formula is C37H41Cl2N3O6S. The standard InChI is InChI=1S/C37H41Cl2N3O6S/c1-6-26(3)40-37(44)34(21-27-10-8-7-9-11-27)41(23-28-14-18-31(38)32(39)20-28)36(43)24-42(33-22-29(47-4)15-19-35(33)48-5)49(45,46)30-16-12-25(2)13-17-30/h7-20,22,26,34H,6,21,23-24H2,1-5H3,(H,40,44)/t26-,34-/m0/s1. The number of nitrogens with zero attached hydrogens (tertiary/aromatic N) is 2. The Labute approximate surface area is 298 Å². The fraction of sp³-hybridized carbons (Fsp3) is 0.297. The van der Waals surface area contributed by atoms with E-state index in [1.165, 1.54) is 37.3 Å². The average Bonchev–Trinajstić information content (AvgIpc) is 3.10. The Balaban J connectivity index is 1.88. The number of rotatable bonds is 15. The summed E-state index contributed by atoms with van der Waals surface area (Å²) < 4.78 is 40.9. The monoisotopic (exact) mass is 725 g/mol. The van der Waals surface area contributed by atoms with E-state index in [0.717, 1.165) is 15.4 Å². The molecule has 0 fully saturated rings. The van der Waals surface area contributed by atoms with Crippen LogP contribution in [-0.2, 0) is 32.6 Å². The number of hydrogen-bond acceptors (Lipinski definition) is 6. The van der Waals surface area contributed by atoms with Gasteiger partial charge in [0.05, 0.1) is 34.8 Å². The number of aryl methyl sites for hydroxylation is 1. The molecule has 4 aromatic carbocycles. The van der Waals surface area contributed by atoms with Crippen LogP contribution in [0.5, 0.6) is 11.5 Å². The summed E-state index contributed by atoms with van der Waals surface area (Å²) >= 11 is 12.6. The van der Waals surface area contributed by atoms with Gasteiger partial charge in [-0.1, -0.05) is 84.2 Å². The van der Waals surface area contributed by atoms with E-state index in [2.05, 4.69) is 5.32 Å². The molecule has 2 amide bonds. The van der Waals surface area contributed by atoms with E-state index in [9.17, 15) is 18.0 Å². The van der Waals surface area contributed by atoms with E-state index in [-0.39, 0.29) is 46.3 Å². The van der Waals surface area contributed by atoms with Gasteiger partial charge >= 0.3 is 0 Å². The Morgan fingerprint density at radius 2 is 1.55 bits per heavy atom. The number of hydrogen-bond donors (Lipinski definition) is 1. The number of sulfonamides is 1. The van der Waals surface area contributed by atoms with Gasteiger partial charge in [-0.3, -0.25) is 13.9 Å². The minimum Gasteiger partial charge on any atom is -0.497 e. The number of ether oxygens (including phenoxy) is 2. The zero-order valence-electron chi connectivity index (χ0n) is 28.2. The zero-order valence-corrected chi connectivity index (χ0v) is 30.5. The van der Waals surface area contributed by atoms with Crippen molar-refractivity contribution in [2.45, 2.75) is 57.1 Å². The molecule has 0 saturated carbocycles. The van der Waals surface area contributed by atoms with Crippen molar-refractivity contribution in [3.05, 3.63) is 118 Å². The molecule has 0 saturated heterocycles. The molecule has 0 bridgehead atoms. The van der Waals surface area contributed by atoms with Crippen molar-refractivity contribution in [3.63, 3.8) is 0 Å². The van der Waals surface area contributed by atoms with Crippen molar-refractivity contribution < 1.29 is 27.5 Å². The Kier molecular flexibility index (Phi) is 13.0. The fourth-order valence-corrected chi connectivity index (χ4v) is 6.91. The number of carbonyl (C=O) groups excluding carboxylic acids is 2. The molecule has 0 spiro atoms. The van der Waals surface area contributed by atoms with Gasteiger partial charge in [-0.15, -0.1) is 0 Å². The number of halogens is 2. The number of benzene rings is 4. The van der Waals surface area contributed by atoms with E-state index >= 15 is 0 Å². The largest absolute Gasteiger partial charge is 0.497 e. The molecule has 4 aromatic rings. The van der Waals surface area contributed by atoms with Crippen LogP contribution in [0.25, 0.3) is 0 Å². The predicted octanol–water partition coefficient (Wildman–Crippen LogP) is 7.07. The number of carbonyl (C=O) groups is 2. The van der Waals surface area contributed by atoms with E-state index in [4.69, 9.17) is 32.7 Å². The van der Waals surface area contributed by atoms with Crippen LogP contribution in [0.3, 0.4) is 0 Å². The summed E-state index contributed by atoms with van der Waals surface area (Å²) in [6.45, 7) is 4.96. The summed E-state index contributed by atoms with van der Waals surface area (Å²) in [7, 11) is -1.49. The lowest BCUT2D eigenvalue weighted by Crippen LogP contribution is -2.54. The molecule has 260 valence electrons. The van der Waals surface area contributed by atoms with Gasteiger partial charge < -0.3 is 19.7 Å². The van der Waals surface area contributed by atoms with Gasteiger partial charge in [0.25, 0.3) is 10.0 Å². The third kappa shape index (κ3) is 9.47. The molecule has 9 nitrogen and oxygen atoms in total. The molecule has 49 heavy (non-hydrogen) atoms. The summed E-state index contributed by atoms with van der Waals surface area (Å²) in [5.41, 5.74) is 2.37. The SMILES string of the molecule is CC[C@H](C)NC(=O)[C@H](Cc1ccccc1)N(Cc1ccc(Cl)c(Cl)c1)C(=O)CN(c1cc(OC)ccc1OC)S(=O)(=O)c1ccc(C)cc1. The molecule has 4 rings (SSSR count). The summed E-state index contributed by atoms with van der Waals surface area (Å²) in [5.74, 6) is -0.448. The molecule has 1 N–H and O–H groups in total. The fourth-order valence-electron chi connectivity index (χ4n) is 5.17. The molecule has 0 aliphatic rings. The molecule has 0 aliphatic carbocycles. The first-order valence-corrected chi connectivity index (χ1v) is 18.0. The highest BCUT2D eigenvalue weighted by Crippen LogP contribution is 2.36. The summed E-state index contributed by atoms with van der Waals surface area (Å²) in [5, 5.41) is 3.63. The van der Waals surface area contributed by atoms with Crippen LogP contribution >= 0.6 is 23.2 Å². The molecule has 2 atom stereocenters. The third-order valence-electron chi connectivity index (χ3n) is 8.15. The van der Waals surface area contributed by atoms with Gasteiger partial charge in [-0.25, -0.2) is 8.42 Å². The number of amides is 2. The molecule has 0 aromatic heterocycles. The number of methoxy groups -OCH3 is 2. The minimum atomic E-state index is -4.36. The van der Waals surface area contributed by atoms with Gasteiger partial charge in [0.2, 0.25) is 11.8 Å². The van der Waals surface area contributed by atoms with Crippen LogP contribution < -0.4 is 19.1 Å². The van der Waals surface area contributed by atoms with Crippen molar-refractivity contribution >= 4 is 50.7 Å². The molecule has 12 heteroatoms. The predicted molar refractivity (Wildman–Crippen MR) is 194 cm³/mol. The first-order valence-electron chi connectivity index (χ1n) is 15.8. The van der Waals surface area contributed by atoms with Gasteiger partial charge in [0.15, 0.2) is 0 Å². The topological polar surface area (TPSA) is 105 Å². The highest BCUT2D eigenvalue weighted by molar-refractivity contribution is 7.92. The molecule has 0 unspecified atom stereocenters. The Morgan fingerprint density at radius 3 is 2.16 bits per heavy atom. The van der Waals surface area contributed by atoms with Crippen LogP contribution in [0.4, 0.5) is 5.69 Å². The van der Waals surface area contributed by atoms with Crippen LogP contribution in [0.2, 0.25) is 10.0 Å². The lowest BCUT2D eigenvalue weighted by Gasteiger charge is -2.34. The van der Waals surface area contributed by atoms with Crippen molar-refractivity contribution in [1.82, 2.24) is 10.2 Å². The quantitative estimate of drug-likeness (QED) is 0.141. The second kappa shape index (κ2) is 16.9. The highest BCUT2D eigenvalue weighted by Gasteiger charge is 2.36. The van der Waals surface area contributed by atoms with Crippen molar-refractivity contribution in [2.75, 3.05) is 25.1 Å². The van der Waals surface area contributed by atoms with Crippen LogP contribution in [-0.4, -0.2) is 58.0 Å². The van der Waals surface area contributed by atoms with Crippen LogP contribution in [0.1, 0.15) is 37.0 Å². The van der Waals surface area contributed by atoms with E-state index in [0.29, 0.717) is 22.8 Å². The van der Waals surface area contributed by atoms with E-state index in [1.807, 2.05) is 51.1 Å². The van der Waals surface area contributed by atoms with E-state index < -0.39 is 28.5 Å². The first kappa shape index (κ1) is 37.6. The minimum absolute atomic E-state index is 0.0258.